The molecule has 1 aromatic rings. The second-order valence-electron chi connectivity index (χ2n) is 6.11. The number of carbonyl (C=O) groups excluding carboxylic acids is 1. The Balaban J connectivity index is 1.93. The zero-order valence-electron chi connectivity index (χ0n) is 13.2. The molecule has 1 atom stereocenters. The second kappa shape index (κ2) is 6.94. The Morgan fingerprint density at radius 3 is 2.71 bits per heavy atom. The number of carbonyl (C=O) groups is 1. The molecule has 1 aliphatic rings. The first-order valence-corrected chi connectivity index (χ1v) is 7.70. The number of ether oxygens (including phenoxy) is 1. The van der Waals surface area contributed by atoms with Crippen LogP contribution in [0.3, 0.4) is 0 Å². The van der Waals surface area contributed by atoms with E-state index >= 15 is 0 Å². The van der Waals surface area contributed by atoms with Gasteiger partial charge in [-0.05, 0) is 32.3 Å². The minimum absolute atomic E-state index is 0.0992. The summed E-state index contributed by atoms with van der Waals surface area (Å²) in [5, 5.41) is 5.98. The highest BCUT2D eigenvalue weighted by Crippen LogP contribution is 2.24. The molecule has 0 heterocycles. The van der Waals surface area contributed by atoms with Crippen molar-refractivity contribution in [1.29, 1.82) is 0 Å². The van der Waals surface area contributed by atoms with Gasteiger partial charge in [-0.1, -0.05) is 42.7 Å². The molecule has 2 rings (SSSR count). The molecule has 21 heavy (non-hydrogen) atoms. The van der Waals surface area contributed by atoms with Gasteiger partial charge in [0.2, 0.25) is 0 Å². The van der Waals surface area contributed by atoms with E-state index in [1.807, 2.05) is 19.1 Å². The summed E-state index contributed by atoms with van der Waals surface area (Å²) in [6.07, 6.45) is 4.60. The topological polar surface area (TPSA) is 50.4 Å². The van der Waals surface area contributed by atoms with Crippen LogP contribution in [0.25, 0.3) is 0 Å². The monoisotopic (exact) mass is 290 g/mol. The van der Waals surface area contributed by atoms with E-state index in [1.54, 1.807) is 7.11 Å². The average molecular weight is 290 g/mol. The Bertz CT molecular complexity index is 483. The number of nitrogens with one attached hydrogen (secondary N) is 2. The molecule has 2 N–H and O–H groups in total. The van der Waals surface area contributed by atoms with Gasteiger partial charge in [-0.15, -0.1) is 0 Å². The molecule has 4 nitrogen and oxygen atoms in total. The third kappa shape index (κ3) is 4.21. The summed E-state index contributed by atoms with van der Waals surface area (Å²) in [6, 6.07) is 8.43. The quantitative estimate of drug-likeness (QED) is 0.875. The fraction of sp³-hybridized carbons (Fsp3) is 0.588. The van der Waals surface area contributed by atoms with Crippen molar-refractivity contribution in [2.75, 3.05) is 13.7 Å². The van der Waals surface area contributed by atoms with Gasteiger partial charge in [-0.2, -0.15) is 0 Å². The van der Waals surface area contributed by atoms with Crippen molar-refractivity contribution in [1.82, 2.24) is 10.6 Å². The number of methoxy groups -OCH3 is 1. The van der Waals surface area contributed by atoms with Crippen LogP contribution in [0.5, 0.6) is 0 Å². The summed E-state index contributed by atoms with van der Waals surface area (Å²) in [4.78, 5) is 12.0. The molecule has 0 saturated heterocycles. The van der Waals surface area contributed by atoms with E-state index in [2.05, 4.69) is 29.7 Å². The second-order valence-corrected chi connectivity index (χ2v) is 6.11. The van der Waals surface area contributed by atoms with E-state index in [4.69, 9.17) is 4.74 Å². The zero-order chi connectivity index (χ0) is 15.3. The number of amides is 2. The van der Waals surface area contributed by atoms with Crippen LogP contribution in [-0.4, -0.2) is 25.7 Å². The lowest BCUT2D eigenvalue weighted by Crippen LogP contribution is -2.46. The molecular formula is C17H26N2O2. The first-order valence-electron chi connectivity index (χ1n) is 7.70. The number of hydrogen-bond donors (Lipinski definition) is 2. The van der Waals surface area contributed by atoms with Gasteiger partial charge >= 0.3 is 6.03 Å². The molecule has 2 amide bonds. The Kier molecular flexibility index (Phi) is 5.23. The predicted octanol–water partition coefficient (Wildman–Crippen LogP) is 3.10. The lowest BCUT2D eigenvalue weighted by Gasteiger charge is -2.29. The maximum absolute atomic E-state index is 12.0. The molecule has 0 radical (unpaired) electrons. The van der Waals surface area contributed by atoms with E-state index in [9.17, 15) is 4.79 Å². The Hall–Kier alpha value is -1.55. The summed E-state index contributed by atoms with van der Waals surface area (Å²) in [5.41, 5.74) is 1.75. The molecule has 4 heteroatoms. The number of rotatable bonds is 5. The van der Waals surface area contributed by atoms with Gasteiger partial charge in [0.15, 0.2) is 0 Å². The van der Waals surface area contributed by atoms with E-state index in [-0.39, 0.29) is 6.03 Å². The highest BCUT2D eigenvalue weighted by molar-refractivity contribution is 5.74. The van der Waals surface area contributed by atoms with Gasteiger partial charge in [0, 0.05) is 13.2 Å². The fourth-order valence-corrected chi connectivity index (χ4v) is 2.82. The third-order valence-corrected chi connectivity index (χ3v) is 4.36. The summed E-state index contributed by atoms with van der Waals surface area (Å²) >= 11 is 0. The number of hydrogen-bond acceptors (Lipinski definition) is 2. The Morgan fingerprint density at radius 2 is 2.10 bits per heavy atom. The van der Waals surface area contributed by atoms with Crippen LogP contribution in [0, 0.1) is 6.92 Å². The number of benzene rings is 1. The summed E-state index contributed by atoms with van der Waals surface area (Å²) in [6.45, 7) is 4.50. The van der Waals surface area contributed by atoms with Gasteiger partial charge in [0.1, 0.15) is 5.60 Å². The Labute approximate surface area is 127 Å². The van der Waals surface area contributed by atoms with Gasteiger partial charge in [0.25, 0.3) is 0 Å². The van der Waals surface area contributed by atoms with E-state index in [1.165, 1.54) is 18.4 Å². The lowest BCUT2D eigenvalue weighted by molar-refractivity contribution is 0.00478. The lowest BCUT2D eigenvalue weighted by atomic mass is 9.94. The molecular weight excluding hydrogens is 264 g/mol. The van der Waals surface area contributed by atoms with Crippen molar-refractivity contribution in [3.63, 3.8) is 0 Å². The van der Waals surface area contributed by atoms with Crippen molar-refractivity contribution in [3.05, 3.63) is 35.4 Å². The third-order valence-electron chi connectivity index (χ3n) is 4.36. The van der Waals surface area contributed by atoms with E-state index < -0.39 is 5.60 Å². The molecule has 1 aromatic carbocycles. The van der Waals surface area contributed by atoms with Crippen molar-refractivity contribution in [2.24, 2.45) is 0 Å². The molecule has 1 unspecified atom stereocenters. The number of aryl methyl sites for hydroxylation is 1. The molecule has 0 aromatic heterocycles. The smallest absolute Gasteiger partial charge is 0.315 e. The van der Waals surface area contributed by atoms with Crippen LogP contribution >= 0.6 is 0 Å². The van der Waals surface area contributed by atoms with Crippen LogP contribution in [0.4, 0.5) is 4.79 Å². The van der Waals surface area contributed by atoms with Crippen LogP contribution in [0.15, 0.2) is 24.3 Å². The number of urea groups is 1. The minimum atomic E-state index is -0.515. The van der Waals surface area contributed by atoms with E-state index in [0.29, 0.717) is 12.6 Å². The average Bonchev–Trinajstić information content (AvgIpc) is 2.97. The van der Waals surface area contributed by atoms with Crippen molar-refractivity contribution < 1.29 is 9.53 Å². The SMILES string of the molecule is COC(C)(CNC(=O)NC1CCCC1)c1cccc(C)c1. The molecule has 1 aliphatic carbocycles. The summed E-state index contributed by atoms with van der Waals surface area (Å²) < 4.78 is 5.66. The highest BCUT2D eigenvalue weighted by Gasteiger charge is 2.27. The molecule has 0 aliphatic heterocycles. The molecule has 1 fully saturated rings. The summed E-state index contributed by atoms with van der Waals surface area (Å²) in [7, 11) is 1.68. The molecule has 116 valence electrons. The standard InChI is InChI=1S/C17H26N2O2/c1-13-7-6-8-14(11-13)17(2,21-3)12-18-16(20)19-15-9-4-5-10-15/h6-8,11,15H,4-5,9-10,12H2,1-3H3,(H2,18,19,20). The van der Waals surface area contributed by atoms with Crippen LogP contribution in [-0.2, 0) is 10.3 Å². The maximum Gasteiger partial charge on any atom is 0.315 e. The first kappa shape index (κ1) is 15.8. The van der Waals surface area contributed by atoms with Crippen molar-refractivity contribution >= 4 is 6.03 Å². The highest BCUT2D eigenvalue weighted by atomic mass is 16.5. The fourth-order valence-electron chi connectivity index (χ4n) is 2.82. The van der Waals surface area contributed by atoms with Crippen LogP contribution in [0.1, 0.15) is 43.7 Å². The Morgan fingerprint density at radius 1 is 1.38 bits per heavy atom. The van der Waals surface area contributed by atoms with Crippen LogP contribution in [0.2, 0.25) is 0 Å². The van der Waals surface area contributed by atoms with Gasteiger partial charge in [0.05, 0.1) is 6.54 Å². The predicted molar refractivity (Wildman–Crippen MR) is 84.3 cm³/mol. The first-order chi connectivity index (χ1) is 10.0. The summed E-state index contributed by atoms with van der Waals surface area (Å²) in [5.74, 6) is 0. The van der Waals surface area contributed by atoms with Gasteiger partial charge < -0.3 is 15.4 Å². The van der Waals surface area contributed by atoms with E-state index in [0.717, 1.165) is 18.4 Å². The zero-order valence-corrected chi connectivity index (χ0v) is 13.2. The maximum atomic E-state index is 12.0. The molecule has 0 spiro atoms. The van der Waals surface area contributed by atoms with Crippen molar-refractivity contribution in [2.45, 2.75) is 51.2 Å². The normalized spacial score (nSPS) is 18.2. The van der Waals surface area contributed by atoms with Gasteiger partial charge in [-0.3, -0.25) is 0 Å². The van der Waals surface area contributed by atoms with Crippen molar-refractivity contribution in [3.8, 4) is 0 Å². The van der Waals surface area contributed by atoms with Gasteiger partial charge in [-0.25, -0.2) is 4.79 Å². The molecule has 0 bridgehead atoms. The van der Waals surface area contributed by atoms with Crippen LogP contribution < -0.4 is 10.6 Å². The largest absolute Gasteiger partial charge is 0.372 e. The minimum Gasteiger partial charge on any atom is -0.372 e. The molecule has 1 saturated carbocycles.